The van der Waals surface area contributed by atoms with Crippen LogP contribution in [0.2, 0.25) is 0 Å². The molecule has 1 aromatic carbocycles. The van der Waals surface area contributed by atoms with Gasteiger partial charge in [0.2, 0.25) is 0 Å². The van der Waals surface area contributed by atoms with Gasteiger partial charge >= 0.3 is 11.9 Å². The Morgan fingerprint density at radius 1 is 0.681 bits per heavy atom. The molecule has 0 saturated carbocycles. The lowest BCUT2D eigenvalue weighted by atomic mass is 10.0. The quantitative estimate of drug-likeness (QED) is 0.0396. The number of aliphatic hydroxyl groups is 2. The van der Waals surface area contributed by atoms with Gasteiger partial charge in [-0.25, -0.2) is 4.79 Å². The summed E-state index contributed by atoms with van der Waals surface area (Å²) >= 11 is 0. The Morgan fingerprint density at radius 2 is 1.13 bits per heavy atom. The normalized spacial score (nSPS) is 12.0. The number of aliphatic hydroxyl groups excluding tert-OH is 2. The molecule has 8 heteroatoms. The summed E-state index contributed by atoms with van der Waals surface area (Å²) in [6.07, 6.45) is 31.5. The molecule has 1 rings (SSSR count). The molecule has 0 radical (unpaired) electrons. The van der Waals surface area contributed by atoms with E-state index in [2.05, 4.69) is 0 Å². The topological polar surface area (TPSA) is 123 Å². The van der Waals surface area contributed by atoms with Crippen LogP contribution in [-0.4, -0.2) is 60.3 Å². The largest absolute Gasteiger partial charge is 0.504 e. The third-order valence-electron chi connectivity index (χ3n) is 8.53. The van der Waals surface area contributed by atoms with E-state index in [4.69, 9.17) is 19.3 Å². The molecule has 1 atom stereocenters. The van der Waals surface area contributed by atoms with Crippen LogP contribution in [-0.2, 0) is 19.1 Å². The second kappa shape index (κ2) is 30.7. The van der Waals surface area contributed by atoms with Crippen molar-refractivity contribution in [2.24, 2.45) is 0 Å². The van der Waals surface area contributed by atoms with E-state index >= 15 is 0 Å². The number of phenolic OH excluding ortho intramolecular Hbond substituents is 1. The highest BCUT2D eigenvalue weighted by Crippen LogP contribution is 2.26. The fourth-order valence-corrected chi connectivity index (χ4v) is 5.58. The Balaban J connectivity index is 1.74. The Kier molecular flexibility index (Phi) is 27.8. The van der Waals surface area contributed by atoms with Gasteiger partial charge in [0.1, 0.15) is 12.7 Å². The van der Waals surface area contributed by atoms with Gasteiger partial charge in [0.25, 0.3) is 0 Å². The maximum Gasteiger partial charge on any atom is 0.330 e. The first kappa shape index (κ1) is 42.4. The summed E-state index contributed by atoms with van der Waals surface area (Å²) in [7, 11) is 1.49. The predicted octanol–water partition coefficient (Wildman–Crippen LogP) is 9.22. The number of rotatable bonds is 32. The van der Waals surface area contributed by atoms with Gasteiger partial charge in [0, 0.05) is 12.5 Å². The van der Waals surface area contributed by atoms with Crippen molar-refractivity contribution in [3.8, 4) is 11.5 Å². The van der Waals surface area contributed by atoms with Crippen LogP contribution >= 0.6 is 0 Å². The summed E-state index contributed by atoms with van der Waals surface area (Å²) in [4.78, 5) is 23.4. The van der Waals surface area contributed by atoms with Crippen LogP contribution in [0.5, 0.6) is 11.5 Å². The van der Waals surface area contributed by atoms with E-state index in [1.54, 1.807) is 18.2 Å². The van der Waals surface area contributed by atoms with E-state index < -0.39 is 6.10 Å². The zero-order chi connectivity index (χ0) is 34.2. The zero-order valence-electron chi connectivity index (χ0n) is 29.4. The zero-order valence-corrected chi connectivity index (χ0v) is 29.4. The average Bonchev–Trinajstić information content (AvgIpc) is 3.08. The lowest BCUT2D eigenvalue weighted by Gasteiger charge is -2.08. The Labute approximate surface area is 285 Å². The number of phenols is 1. The van der Waals surface area contributed by atoms with Crippen LogP contribution in [0, 0.1) is 0 Å². The summed E-state index contributed by atoms with van der Waals surface area (Å²) in [5, 5.41) is 27.5. The maximum absolute atomic E-state index is 11.9. The SMILES string of the molecule is COc1cc(/C=C\C(=O)OCCCCCCCCCCCCCCCCCCCCCCCCCC(=O)OCC(O)CO)ccc1O. The van der Waals surface area contributed by atoms with Crippen molar-refractivity contribution in [3.63, 3.8) is 0 Å². The molecular weight excluding hydrogens is 596 g/mol. The standard InChI is InChI=1S/C39H66O8/c1-45-37-31-34(26-28-36(37)42)27-29-39(44)46-30-24-22-20-18-16-14-12-10-8-6-4-2-3-5-7-9-11-13-15-17-19-21-23-25-38(43)47-33-35(41)32-40/h26-29,31,35,40-42H,2-25,30,32-33H2,1H3/b29-27-. The van der Waals surface area contributed by atoms with Gasteiger partial charge in [-0.15, -0.1) is 0 Å². The number of hydrogen-bond donors (Lipinski definition) is 3. The average molecular weight is 663 g/mol. The summed E-state index contributed by atoms with van der Waals surface area (Å²) in [6, 6.07) is 4.92. The van der Waals surface area contributed by atoms with Gasteiger partial charge in [-0.3, -0.25) is 4.79 Å². The van der Waals surface area contributed by atoms with Gasteiger partial charge < -0.3 is 29.5 Å². The smallest absolute Gasteiger partial charge is 0.330 e. The van der Waals surface area contributed by atoms with E-state index in [-0.39, 0.29) is 30.9 Å². The maximum atomic E-state index is 11.9. The van der Waals surface area contributed by atoms with Crippen molar-refractivity contribution in [1.29, 1.82) is 0 Å². The Morgan fingerprint density at radius 3 is 1.57 bits per heavy atom. The molecule has 0 heterocycles. The highest BCUT2D eigenvalue weighted by Gasteiger charge is 2.07. The molecule has 1 aromatic rings. The van der Waals surface area contributed by atoms with E-state index in [0.29, 0.717) is 18.8 Å². The highest BCUT2D eigenvalue weighted by atomic mass is 16.5. The molecule has 0 aromatic heterocycles. The first-order chi connectivity index (χ1) is 23.0. The minimum atomic E-state index is -0.972. The molecule has 0 fully saturated rings. The Hall–Kier alpha value is -2.58. The number of carbonyl (C=O) groups excluding carboxylic acids is 2. The third-order valence-corrected chi connectivity index (χ3v) is 8.53. The second-order valence-corrected chi connectivity index (χ2v) is 12.8. The molecule has 0 spiro atoms. The predicted molar refractivity (Wildman–Crippen MR) is 190 cm³/mol. The van der Waals surface area contributed by atoms with Gasteiger partial charge in [-0.1, -0.05) is 141 Å². The van der Waals surface area contributed by atoms with Crippen molar-refractivity contribution in [2.45, 2.75) is 160 Å². The third kappa shape index (κ3) is 26.1. The molecule has 8 nitrogen and oxygen atoms in total. The van der Waals surface area contributed by atoms with Crippen LogP contribution < -0.4 is 4.74 Å². The first-order valence-electron chi connectivity index (χ1n) is 18.6. The van der Waals surface area contributed by atoms with Gasteiger partial charge in [-0.2, -0.15) is 0 Å². The van der Waals surface area contributed by atoms with Crippen LogP contribution in [0.1, 0.15) is 160 Å². The molecule has 47 heavy (non-hydrogen) atoms. The number of esters is 2. The molecule has 0 bridgehead atoms. The molecule has 0 aliphatic heterocycles. The first-order valence-corrected chi connectivity index (χ1v) is 18.6. The molecule has 270 valence electrons. The number of aromatic hydroxyl groups is 1. The fraction of sp³-hybridized carbons (Fsp3) is 0.744. The van der Waals surface area contributed by atoms with Gasteiger partial charge in [-0.05, 0) is 36.6 Å². The van der Waals surface area contributed by atoms with Crippen molar-refractivity contribution in [1.82, 2.24) is 0 Å². The van der Waals surface area contributed by atoms with E-state index in [9.17, 15) is 19.8 Å². The van der Waals surface area contributed by atoms with Crippen molar-refractivity contribution < 1.29 is 39.1 Å². The van der Waals surface area contributed by atoms with Crippen molar-refractivity contribution >= 4 is 18.0 Å². The molecular formula is C39H66O8. The number of carbonyl (C=O) groups is 2. The summed E-state index contributed by atoms with van der Waals surface area (Å²) in [5.74, 6) is -0.192. The van der Waals surface area contributed by atoms with Crippen LogP contribution in [0.4, 0.5) is 0 Å². The molecule has 0 aliphatic carbocycles. The Bertz CT molecular complexity index is 932. The fourth-order valence-electron chi connectivity index (χ4n) is 5.58. The van der Waals surface area contributed by atoms with Crippen LogP contribution in [0.15, 0.2) is 24.3 Å². The molecule has 1 unspecified atom stereocenters. The minimum Gasteiger partial charge on any atom is -0.504 e. The molecule has 3 N–H and O–H groups in total. The number of ether oxygens (including phenoxy) is 3. The number of benzene rings is 1. The van der Waals surface area contributed by atoms with Crippen molar-refractivity contribution in [3.05, 3.63) is 29.8 Å². The summed E-state index contributed by atoms with van der Waals surface area (Å²) in [6.45, 7) is -0.0459. The number of hydrogen-bond acceptors (Lipinski definition) is 8. The molecule has 0 amide bonds. The van der Waals surface area contributed by atoms with Crippen LogP contribution in [0.3, 0.4) is 0 Å². The highest BCUT2D eigenvalue weighted by molar-refractivity contribution is 5.87. The lowest BCUT2D eigenvalue weighted by Crippen LogP contribution is -2.21. The summed E-state index contributed by atoms with van der Waals surface area (Å²) < 4.78 is 15.3. The monoisotopic (exact) mass is 662 g/mol. The van der Waals surface area contributed by atoms with E-state index in [0.717, 1.165) is 37.7 Å². The van der Waals surface area contributed by atoms with Crippen molar-refractivity contribution in [2.75, 3.05) is 26.9 Å². The van der Waals surface area contributed by atoms with Gasteiger partial charge in [0.05, 0.1) is 20.3 Å². The van der Waals surface area contributed by atoms with Crippen LogP contribution in [0.25, 0.3) is 6.08 Å². The second-order valence-electron chi connectivity index (χ2n) is 12.8. The summed E-state index contributed by atoms with van der Waals surface area (Å²) in [5.41, 5.74) is 0.766. The lowest BCUT2D eigenvalue weighted by molar-refractivity contribution is -0.147. The van der Waals surface area contributed by atoms with E-state index in [1.807, 2.05) is 0 Å². The minimum absolute atomic E-state index is 0.0702. The van der Waals surface area contributed by atoms with Gasteiger partial charge in [0.15, 0.2) is 11.5 Å². The molecule has 0 saturated heterocycles. The number of unbranched alkanes of at least 4 members (excludes halogenated alkanes) is 22. The number of methoxy groups -OCH3 is 1. The van der Waals surface area contributed by atoms with E-state index in [1.165, 1.54) is 135 Å². The molecule has 0 aliphatic rings.